The minimum absolute atomic E-state index is 0.0124. The molecule has 1 saturated heterocycles. The summed E-state index contributed by atoms with van der Waals surface area (Å²) in [6, 6.07) is 20.8. The summed E-state index contributed by atoms with van der Waals surface area (Å²) in [5, 5.41) is 3.33. The van der Waals surface area contributed by atoms with E-state index in [0.717, 1.165) is 17.7 Å². The van der Waals surface area contributed by atoms with E-state index in [1.807, 2.05) is 18.2 Å². The summed E-state index contributed by atoms with van der Waals surface area (Å²) in [5.74, 6) is 0.265. The predicted molar refractivity (Wildman–Crippen MR) is 137 cm³/mol. The van der Waals surface area contributed by atoms with Crippen LogP contribution in [-0.4, -0.2) is 24.3 Å². The highest BCUT2D eigenvalue weighted by Crippen LogP contribution is 2.32. The van der Waals surface area contributed by atoms with Crippen molar-refractivity contribution in [1.29, 1.82) is 0 Å². The molecule has 3 aromatic carbocycles. The third-order valence-corrected chi connectivity index (χ3v) is 5.78. The first-order chi connectivity index (χ1) is 17.0. The largest absolute Gasteiger partial charge is 0.457 e. The SMILES string of the molecule is CCCCNC(=O)c1ccc(Oc2ccccc2/C=C2/CC(=O)N(c3cccc(Cl)c3)C2=O)cc1. The van der Waals surface area contributed by atoms with Gasteiger partial charge in [0, 0.05) is 28.3 Å². The first-order valence-electron chi connectivity index (χ1n) is 11.4. The number of amides is 3. The van der Waals surface area contributed by atoms with Gasteiger partial charge in [-0.1, -0.05) is 49.2 Å². The molecule has 4 rings (SSSR count). The van der Waals surface area contributed by atoms with E-state index < -0.39 is 0 Å². The van der Waals surface area contributed by atoms with Crippen LogP contribution in [0.1, 0.15) is 42.1 Å². The number of carbonyl (C=O) groups is 3. The van der Waals surface area contributed by atoms with Crippen molar-refractivity contribution in [2.45, 2.75) is 26.2 Å². The van der Waals surface area contributed by atoms with Gasteiger partial charge in [0.25, 0.3) is 11.8 Å². The predicted octanol–water partition coefficient (Wildman–Crippen LogP) is 6.01. The van der Waals surface area contributed by atoms with E-state index in [4.69, 9.17) is 16.3 Å². The molecule has 0 aromatic heterocycles. The van der Waals surface area contributed by atoms with Crippen molar-refractivity contribution in [2.24, 2.45) is 0 Å². The standard InChI is InChI=1S/C28H25ClN2O4/c1-2-3-15-30-27(33)19-11-13-24(14-12-19)35-25-10-5-4-7-20(25)16-21-17-26(32)31(28(21)34)23-9-6-8-22(29)18-23/h4-14,16,18H,2-3,15,17H2,1H3,(H,30,33)/b21-16-. The van der Waals surface area contributed by atoms with Crippen molar-refractivity contribution in [3.63, 3.8) is 0 Å². The van der Waals surface area contributed by atoms with Crippen LogP contribution in [0.4, 0.5) is 5.69 Å². The number of hydrogen-bond donors (Lipinski definition) is 1. The van der Waals surface area contributed by atoms with Crippen molar-refractivity contribution < 1.29 is 19.1 Å². The Morgan fingerprint density at radius 2 is 1.83 bits per heavy atom. The molecule has 0 bridgehead atoms. The fraction of sp³-hybridized carbons (Fsp3) is 0.179. The van der Waals surface area contributed by atoms with E-state index in [9.17, 15) is 14.4 Å². The van der Waals surface area contributed by atoms with Crippen LogP contribution in [0.2, 0.25) is 5.02 Å². The number of imide groups is 1. The minimum Gasteiger partial charge on any atom is -0.457 e. The smallest absolute Gasteiger partial charge is 0.261 e. The number of halogens is 1. The van der Waals surface area contributed by atoms with E-state index in [1.165, 1.54) is 0 Å². The average Bonchev–Trinajstić information content (AvgIpc) is 3.13. The Balaban J connectivity index is 1.51. The molecule has 1 fully saturated rings. The number of hydrogen-bond acceptors (Lipinski definition) is 4. The molecule has 35 heavy (non-hydrogen) atoms. The van der Waals surface area contributed by atoms with Crippen molar-refractivity contribution in [2.75, 3.05) is 11.4 Å². The van der Waals surface area contributed by atoms with Crippen LogP contribution in [0.15, 0.2) is 78.4 Å². The quantitative estimate of drug-likeness (QED) is 0.239. The molecule has 0 radical (unpaired) electrons. The molecule has 178 valence electrons. The normalized spacial score (nSPS) is 14.5. The van der Waals surface area contributed by atoms with Gasteiger partial charge >= 0.3 is 0 Å². The molecule has 1 aliphatic heterocycles. The summed E-state index contributed by atoms with van der Waals surface area (Å²) in [6.07, 6.45) is 3.61. The molecule has 7 heteroatoms. The number of para-hydroxylation sites is 1. The first kappa shape index (κ1) is 24.2. The highest BCUT2D eigenvalue weighted by Gasteiger charge is 2.35. The highest BCUT2D eigenvalue weighted by atomic mass is 35.5. The monoisotopic (exact) mass is 488 g/mol. The van der Waals surface area contributed by atoms with Gasteiger partial charge in [0.15, 0.2) is 0 Å². The van der Waals surface area contributed by atoms with Crippen LogP contribution in [-0.2, 0) is 9.59 Å². The number of nitrogens with zero attached hydrogens (tertiary/aromatic N) is 1. The zero-order valence-corrected chi connectivity index (χ0v) is 20.0. The number of carbonyl (C=O) groups excluding carboxylic acids is 3. The van der Waals surface area contributed by atoms with Crippen LogP contribution in [0.25, 0.3) is 6.08 Å². The van der Waals surface area contributed by atoms with Crippen LogP contribution in [0.3, 0.4) is 0 Å². The second-order valence-electron chi connectivity index (χ2n) is 8.13. The number of anilines is 1. The molecular weight excluding hydrogens is 464 g/mol. The number of nitrogens with one attached hydrogen (secondary N) is 1. The van der Waals surface area contributed by atoms with Gasteiger partial charge < -0.3 is 10.1 Å². The van der Waals surface area contributed by atoms with E-state index in [0.29, 0.717) is 45.5 Å². The third-order valence-electron chi connectivity index (χ3n) is 5.54. The summed E-state index contributed by atoms with van der Waals surface area (Å²) < 4.78 is 6.04. The molecule has 3 aromatic rings. The van der Waals surface area contributed by atoms with Gasteiger partial charge in [0.05, 0.1) is 12.1 Å². The molecule has 1 aliphatic rings. The van der Waals surface area contributed by atoms with E-state index in [-0.39, 0.29) is 24.1 Å². The summed E-state index contributed by atoms with van der Waals surface area (Å²) in [5.41, 5.74) is 2.03. The maximum Gasteiger partial charge on any atom is 0.261 e. The van der Waals surface area contributed by atoms with Gasteiger partial charge in [-0.15, -0.1) is 0 Å². The second kappa shape index (κ2) is 11.0. The maximum absolute atomic E-state index is 13.0. The molecule has 3 amide bonds. The topological polar surface area (TPSA) is 75.7 Å². The Labute approximate surface area is 209 Å². The number of ether oxygens (including phenoxy) is 1. The lowest BCUT2D eigenvalue weighted by Gasteiger charge is -2.13. The van der Waals surface area contributed by atoms with Gasteiger partial charge in [-0.3, -0.25) is 14.4 Å². The van der Waals surface area contributed by atoms with E-state index in [2.05, 4.69) is 12.2 Å². The fourth-order valence-corrected chi connectivity index (χ4v) is 3.91. The Kier molecular flexibility index (Phi) is 7.63. The van der Waals surface area contributed by atoms with Gasteiger partial charge in [-0.2, -0.15) is 0 Å². The van der Waals surface area contributed by atoms with Crippen LogP contribution < -0.4 is 15.0 Å². The van der Waals surface area contributed by atoms with Gasteiger partial charge in [0.2, 0.25) is 5.91 Å². The molecule has 0 spiro atoms. The summed E-state index contributed by atoms with van der Waals surface area (Å²) in [7, 11) is 0. The molecular formula is C28H25ClN2O4. The fourth-order valence-electron chi connectivity index (χ4n) is 3.73. The molecule has 0 saturated carbocycles. The average molecular weight is 489 g/mol. The van der Waals surface area contributed by atoms with Crippen LogP contribution in [0.5, 0.6) is 11.5 Å². The minimum atomic E-state index is -0.384. The number of rotatable bonds is 8. The maximum atomic E-state index is 13.0. The molecule has 6 nitrogen and oxygen atoms in total. The van der Waals surface area contributed by atoms with Crippen LogP contribution >= 0.6 is 11.6 Å². The lowest BCUT2D eigenvalue weighted by Crippen LogP contribution is -2.28. The van der Waals surface area contributed by atoms with Crippen LogP contribution in [0, 0.1) is 0 Å². The zero-order chi connectivity index (χ0) is 24.8. The summed E-state index contributed by atoms with van der Waals surface area (Å²) >= 11 is 6.04. The van der Waals surface area contributed by atoms with Crippen molar-refractivity contribution in [3.05, 3.63) is 94.5 Å². The second-order valence-corrected chi connectivity index (χ2v) is 8.57. The Morgan fingerprint density at radius 3 is 2.57 bits per heavy atom. The Hall–Kier alpha value is -3.90. The van der Waals surface area contributed by atoms with Crippen molar-refractivity contribution >= 4 is 41.1 Å². The number of unbranched alkanes of at least 4 members (excludes halogenated alkanes) is 1. The highest BCUT2D eigenvalue weighted by molar-refractivity contribution is 6.32. The zero-order valence-electron chi connectivity index (χ0n) is 19.3. The van der Waals surface area contributed by atoms with E-state index >= 15 is 0 Å². The summed E-state index contributed by atoms with van der Waals surface area (Å²) in [6.45, 7) is 2.72. The van der Waals surface area contributed by atoms with Gasteiger partial charge in [0.1, 0.15) is 11.5 Å². The molecule has 0 unspecified atom stereocenters. The van der Waals surface area contributed by atoms with Crippen molar-refractivity contribution in [3.8, 4) is 11.5 Å². The molecule has 0 aliphatic carbocycles. The van der Waals surface area contributed by atoms with Crippen molar-refractivity contribution in [1.82, 2.24) is 5.32 Å². The van der Waals surface area contributed by atoms with E-state index in [1.54, 1.807) is 60.7 Å². The lowest BCUT2D eigenvalue weighted by molar-refractivity contribution is -0.120. The third kappa shape index (κ3) is 5.78. The molecule has 1 heterocycles. The Morgan fingerprint density at radius 1 is 1.06 bits per heavy atom. The first-order valence-corrected chi connectivity index (χ1v) is 11.8. The summed E-state index contributed by atoms with van der Waals surface area (Å²) in [4.78, 5) is 39.0. The van der Waals surface area contributed by atoms with Gasteiger partial charge in [-0.05, 0) is 61.0 Å². The van der Waals surface area contributed by atoms with Gasteiger partial charge in [-0.25, -0.2) is 4.90 Å². The molecule has 0 atom stereocenters. The number of benzene rings is 3. The Bertz CT molecular complexity index is 1280. The lowest BCUT2D eigenvalue weighted by atomic mass is 10.1. The molecule has 1 N–H and O–H groups in total.